The molecule has 0 radical (unpaired) electrons. The van der Waals surface area contributed by atoms with E-state index in [1.54, 1.807) is 28.0 Å². The van der Waals surface area contributed by atoms with E-state index < -0.39 is 28.1 Å². The monoisotopic (exact) mass is 578 g/mol. The van der Waals surface area contributed by atoms with Crippen LogP contribution >= 0.6 is 34.7 Å². The number of aryl methyl sites for hydroxylation is 1. The second-order valence-corrected chi connectivity index (χ2v) is 13.4. The van der Waals surface area contributed by atoms with Crippen molar-refractivity contribution in [2.75, 3.05) is 29.1 Å². The zero-order valence-corrected chi connectivity index (χ0v) is 23.8. The van der Waals surface area contributed by atoms with Crippen molar-refractivity contribution in [2.24, 2.45) is 0 Å². The predicted molar refractivity (Wildman–Crippen MR) is 149 cm³/mol. The van der Waals surface area contributed by atoms with E-state index >= 15 is 0 Å². The van der Waals surface area contributed by atoms with Crippen LogP contribution in [-0.2, 0) is 21.4 Å². The van der Waals surface area contributed by atoms with Gasteiger partial charge in [-0.05, 0) is 50.6 Å². The summed E-state index contributed by atoms with van der Waals surface area (Å²) in [5.41, 5.74) is 2.84. The number of carboxylic acid groups (broad SMARTS) is 1. The molecule has 1 N–H and O–H groups in total. The summed E-state index contributed by atoms with van der Waals surface area (Å²) in [6.07, 6.45) is 3.62. The molecule has 0 saturated carbocycles. The molecule has 2 unspecified atom stereocenters. The van der Waals surface area contributed by atoms with Crippen LogP contribution in [0, 0.1) is 0 Å². The van der Waals surface area contributed by atoms with Gasteiger partial charge in [-0.3, -0.25) is 0 Å². The van der Waals surface area contributed by atoms with E-state index in [1.807, 2.05) is 36.4 Å². The lowest BCUT2D eigenvalue weighted by Crippen LogP contribution is -2.54. The summed E-state index contributed by atoms with van der Waals surface area (Å²) in [6.45, 7) is 6.16. The van der Waals surface area contributed by atoms with Gasteiger partial charge < -0.3 is 19.7 Å². The lowest BCUT2D eigenvalue weighted by molar-refractivity contribution is -0.665. The number of carbonyl (C=O) groups is 1. The molecule has 1 fully saturated rings. The van der Waals surface area contributed by atoms with E-state index in [4.69, 9.17) is 11.6 Å². The Morgan fingerprint density at radius 2 is 2.05 bits per heavy atom. The molecule has 5 rings (SSSR count). The number of sulfonamides is 1. The SMILES string of the molecule is CCN1/C(=C/c2sc3ccc(N4CCC(NS(C)(=O)=O)C4C(=O)[O-])cc3[n+]2CC)Sc2ccc(Cl)cc21. The van der Waals surface area contributed by atoms with Gasteiger partial charge in [0.1, 0.15) is 11.2 Å². The summed E-state index contributed by atoms with van der Waals surface area (Å²) in [7, 11) is -3.55. The number of anilines is 2. The van der Waals surface area contributed by atoms with Gasteiger partial charge >= 0.3 is 0 Å². The third kappa shape index (κ3) is 5.07. The van der Waals surface area contributed by atoms with Crippen molar-refractivity contribution in [3.05, 3.63) is 51.5 Å². The minimum Gasteiger partial charge on any atom is -0.548 e. The molecule has 2 aromatic carbocycles. The summed E-state index contributed by atoms with van der Waals surface area (Å²) in [5.74, 6) is -1.30. The number of fused-ring (bicyclic) bond motifs is 2. The average molecular weight is 579 g/mol. The maximum absolute atomic E-state index is 12.0. The van der Waals surface area contributed by atoms with Crippen LogP contribution in [0.3, 0.4) is 0 Å². The third-order valence-electron chi connectivity index (χ3n) is 6.62. The fourth-order valence-electron chi connectivity index (χ4n) is 5.09. The van der Waals surface area contributed by atoms with Gasteiger partial charge in [-0.15, -0.1) is 0 Å². The number of thioether (sulfide) groups is 1. The molecular weight excluding hydrogens is 552 g/mol. The molecule has 8 nitrogen and oxygen atoms in total. The Balaban J connectivity index is 1.51. The van der Waals surface area contributed by atoms with Crippen molar-refractivity contribution >= 4 is 78.4 Å². The van der Waals surface area contributed by atoms with Crippen molar-refractivity contribution in [3.8, 4) is 0 Å². The second-order valence-electron chi connectivity index (χ2n) is 9.02. The summed E-state index contributed by atoms with van der Waals surface area (Å²) in [6, 6.07) is 10.0. The first kappa shape index (κ1) is 26.3. The standard InChI is InChI=1S/C25H27ClN4O4S3/c1-4-28-18-12-15(26)6-8-20(18)35-22(28)14-23-29(5-2)19-13-16(7-9-21(19)36-23)30-11-10-17(24(30)25(31)32)27-37(3,33)34/h6-9,12-14,17,24,27H,4-5,10-11H2,1-3H3. The lowest BCUT2D eigenvalue weighted by Gasteiger charge is -2.30. The van der Waals surface area contributed by atoms with Crippen LogP contribution < -0.4 is 24.2 Å². The van der Waals surface area contributed by atoms with E-state index in [0.717, 1.165) is 51.0 Å². The molecule has 1 saturated heterocycles. The van der Waals surface area contributed by atoms with Crippen LogP contribution in [0.5, 0.6) is 0 Å². The molecule has 37 heavy (non-hydrogen) atoms. The Kier molecular flexibility index (Phi) is 7.18. The van der Waals surface area contributed by atoms with Gasteiger partial charge in [0.05, 0.1) is 35.1 Å². The number of nitrogens with one attached hydrogen (secondary N) is 1. The third-order valence-corrected chi connectivity index (χ3v) is 9.81. The normalized spacial score (nSPS) is 20.8. The van der Waals surface area contributed by atoms with Gasteiger partial charge in [-0.2, -0.15) is 4.57 Å². The van der Waals surface area contributed by atoms with Gasteiger partial charge in [0.15, 0.2) is 0 Å². The number of carboxylic acids is 1. The van der Waals surface area contributed by atoms with Crippen molar-refractivity contribution < 1.29 is 22.9 Å². The fourth-order valence-corrected chi connectivity index (χ4v) is 8.41. The number of hydrogen-bond donors (Lipinski definition) is 1. The zero-order valence-electron chi connectivity index (χ0n) is 20.6. The van der Waals surface area contributed by atoms with Crippen molar-refractivity contribution in [2.45, 2.75) is 43.8 Å². The van der Waals surface area contributed by atoms with Gasteiger partial charge in [0.25, 0.3) is 5.01 Å². The number of aliphatic carboxylic acids is 1. The number of rotatable bonds is 7. The lowest BCUT2D eigenvalue weighted by atomic mass is 10.1. The summed E-state index contributed by atoms with van der Waals surface area (Å²) in [5, 5.41) is 14.9. The average Bonchev–Trinajstić information content (AvgIpc) is 3.49. The van der Waals surface area contributed by atoms with E-state index in [0.29, 0.717) is 18.0 Å². The van der Waals surface area contributed by atoms with Crippen molar-refractivity contribution in [1.29, 1.82) is 0 Å². The summed E-state index contributed by atoms with van der Waals surface area (Å²) < 4.78 is 29.3. The number of carbonyl (C=O) groups excluding carboxylic acids is 1. The minimum atomic E-state index is -3.55. The highest BCUT2D eigenvalue weighted by Crippen LogP contribution is 2.47. The summed E-state index contributed by atoms with van der Waals surface area (Å²) >= 11 is 9.65. The molecule has 2 aliphatic rings. The Morgan fingerprint density at radius 1 is 1.27 bits per heavy atom. The van der Waals surface area contributed by atoms with Crippen LogP contribution in [0.15, 0.2) is 46.3 Å². The first-order valence-electron chi connectivity index (χ1n) is 12.0. The highest BCUT2D eigenvalue weighted by molar-refractivity contribution is 8.03. The van der Waals surface area contributed by atoms with E-state index in [1.165, 1.54) is 4.90 Å². The van der Waals surface area contributed by atoms with Gasteiger partial charge in [0, 0.05) is 40.8 Å². The molecule has 3 aromatic rings. The molecule has 1 aromatic heterocycles. The molecule has 0 spiro atoms. The Hall–Kier alpha value is -2.31. The van der Waals surface area contributed by atoms with Crippen molar-refractivity contribution in [3.63, 3.8) is 0 Å². The maximum Gasteiger partial charge on any atom is 0.265 e. The largest absolute Gasteiger partial charge is 0.548 e. The highest BCUT2D eigenvalue weighted by atomic mass is 35.5. The molecule has 0 bridgehead atoms. The first-order valence-corrected chi connectivity index (χ1v) is 15.9. The number of halogens is 1. The molecule has 12 heteroatoms. The van der Waals surface area contributed by atoms with Crippen LogP contribution in [0.4, 0.5) is 11.4 Å². The van der Waals surface area contributed by atoms with E-state index in [2.05, 4.69) is 34.1 Å². The predicted octanol–water partition coefficient (Wildman–Crippen LogP) is 3.04. The number of hydrogen-bond acceptors (Lipinski definition) is 8. The van der Waals surface area contributed by atoms with Gasteiger partial charge in [0.2, 0.25) is 15.5 Å². The van der Waals surface area contributed by atoms with Gasteiger partial charge in [-0.1, -0.05) is 34.7 Å². The molecule has 2 aliphatic heterocycles. The topological polar surface area (TPSA) is 96.7 Å². The van der Waals surface area contributed by atoms with E-state index in [9.17, 15) is 18.3 Å². The second kappa shape index (κ2) is 10.1. The zero-order chi connectivity index (χ0) is 26.5. The highest BCUT2D eigenvalue weighted by Gasteiger charge is 2.37. The molecule has 0 amide bonds. The summed E-state index contributed by atoms with van der Waals surface area (Å²) in [4.78, 5) is 17.2. The van der Waals surface area contributed by atoms with Gasteiger partial charge in [-0.25, -0.2) is 13.1 Å². The van der Waals surface area contributed by atoms with Crippen molar-refractivity contribution in [1.82, 2.24) is 4.72 Å². The quantitative estimate of drug-likeness (QED) is 0.430. The molecule has 0 aliphatic carbocycles. The fraction of sp³-hybridized carbons (Fsp3) is 0.360. The molecular formula is C25H27ClN4O4S3. The number of thiazole rings is 1. The number of aromatic nitrogens is 1. The van der Waals surface area contributed by atoms with E-state index in [-0.39, 0.29) is 0 Å². The molecule has 196 valence electrons. The number of benzene rings is 2. The minimum absolute atomic E-state index is 0.382. The van der Waals surface area contributed by atoms with Crippen LogP contribution in [0.25, 0.3) is 16.3 Å². The number of nitrogens with zero attached hydrogens (tertiary/aromatic N) is 3. The smallest absolute Gasteiger partial charge is 0.265 e. The Labute approximate surface area is 229 Å². The maximum atomic E-state index is 12.0. The Bertz CT molecular complexity index is 1520. The molecule has 3 heterocycles. The first-order chi connectivity index (χ1) is 17.6. The molecule has 2 atom stereocenters. The van der Waals surface area contributed by atoms with Crippen LogP contribution in [0.2, 0.25) is 5.02 Å². The van der Waals surface area contributed by atoms with Crippen LogP contribution in [-0.4, -0.2) is 45.8 Å². The Morgan fingerprint density at radius 3 is 2.73 bits per heavy atom. The van der Waals surface area contributed by atoms with Crippen LogP contribution in [0.1, 0.15) is 25.3 Å².